The molecule has 1 amide bonds. The van der Waals surface area contributed by atoms with E-state index in [0.717, 1.165) is 26.1 Å². The second kappa shape index (κ2) is 7.79. The number of ether oxygens (including phenoxy) is 1. The van der Waals surface area contributed by atoms with Crippen LogP contribution in [0.1, 0.15) is 32.8 Å². The Morgan fingerprint density at radius 2 is 2.04 bits per heavy atom. The quantitative estimate of drug-likeness (QED) is 0.894. The number of carbonyl (C=O) groups is 1. The number of benzene rings is 1. The summed E-state index contributed by atoms with van der Waals surface area (Å²) in [6, 6.07) is 10.3. The number of amides is 1. The molecular weight excluding hydrogens is 292 g/mol. The largest absolute Gasteiger partial charge is 0.444 e. The van der Waals surface area contributed by atoms with Crippen LogP contribution in [0.15, 0.2) is 30.3 Å². The summed E-state index contributed by atoms with van der Waals surface area (Å²) >= 11 is 0. The van der Waals surface area contributed by atoms with Crippen LogP contribution in [0.5, 0.6) is 0 Å². The van der Waals surface area contributed by atoms with E-state index in [1.54, 1.807) is 0 Å². The number of piperidine rings is 1. The van der Waals surface area contributed by atoms with Gasteiger partial charge in [-0.05, 0) is 32.8 Å². The first-order chi connectivity index (χ1) is 10.9. The predicted octanol–water partition coefficient (Wildman–Crippen LogP) is 2.39. The maximum Gasteiger partial charge on any atom is 0.407 e. The number of carbonyl (C=O) groups excluding carboxylic acids is 1. The molecular formula is C18H28N2O3. The molecule has 1 aliphatic heterocycles. The van der Waals surface area contributed by atoms with Crippen LogP contribution in [0.2, 0.25) is 0 Å². The number of likely N-dealkylation sites (tertiary alicyclic amines) is 1. The van der Waals surface area contributed by atoms with E-state index in [1.807, 2.05) is 39.0 Å². The molecule has 5 heteroatoms. The normalized spacial score (nSPS) is 22.6. The fourth-order valence-electron chi connectivity index (χ4n) is 2.93. The number of hydrogen-bond acceptors (Lipinski definition) is 4. The van der Waals surface area contributed by atoms with Gasteiger partial charge >= 0.3 is 6.09 Å². The Kier molecular flexibility index (Phi) is 6.02. The van der Waals surface area contributed by atoms with Crippen molar-refractivity contribution in [3.63, 3.8) is 0 Å². The highest BCUT2D eigenvalue weighted by atomic mass is 16.6. The number of aliphatic hydroxyl groups is 1. The van der Waals surface area contributed by atoms with Gasteiger partial charge in [-0.1, -0.05) is 30.3 Å². The number of rotatable bonds is 4. The van der Waals surface area contributed by atoms with Crippen LogP contribution in [-0.2, 0) is 11.3 Å². The molecule has 0 aliphatic carbocycles. The average Bonchev–Trinajstić information content (AvgIpc) is 2.48. The minimum Gasteiger partial charge on any atom is -0.444 e. The minimum absolute atomic E-state index is 0.0278. The van der Waals surface area contributed by atoms with Crippen LogP contribution in [0.4, 0.5) is 4.79 Å². The van der Waals surface area contributed by atoms with E-state index < -0.39 is 11.7 Å². The first kappa shape index (κ1) is 17.8. The van der Waals surface area contributed by atoms with Gasteiger partial charge in [-0.25, -0.2) is 4.79 Å². The zero-order valence-corrected chi connectivity index (χ0v) is 14.3. The second-order valence-corrected chi connectivity index (χ2v) is 7.20. The molecule has 2 atom stereocenters. The van der Waals surface area contributed by atoms with Gasteiger partial charge in [-0.15, -0.1) is 0 Å². The third-order valence-corrected chi connectivity index (χ3v) is 4.00. The summed E-state index contributed by atoms with van der Waals surface area (Å²) < 4.78 is 5.31. The maximum atomic E-state index is 11.9. The molecule has 1 fully saturated rings. The van der Waals surface area contributed by atoms with Crippen molar-refractivity contribution in [3.05, 3.63) is 35.9 Å². The van der Waals surface area contributed by atoms with Crippen LogP contribution in [0, 0.1) is 5.92 Å². The molecule has 0 unspecified atom stereocenters. The molecule has 1 aromatic carbocycles. The summed E-state index contributed by atoms with van der Waals surface area (Å²) in [6.45, 7) is 8.13. The van der Waals surface area contributed by atoms with E-state index in [4.69, 9.17) is 4.74 Å². The summed E-state index contributed by atoms with van der Waals surface area (Å²) in [5.41, 5.74) is 0.759. The van der Waals surface area contributed by atoms with E-state index in [1.165, 1.54) is 5.56 Å². The van der Waals surface area contributed by atoms with Gasteiger partial charge < -0.3 is 15.2 Å². The lowest BCUT2D eigenvalue weighted by molar-refractivity contribution is 0.0376. The first-order valence-electron chi connectivity index (χ1n) is 8.24. The monoisotopic (exact) mass is 320 g/mol. The van der Waals surface area contributed by atoms with Crippen molar-refractivity contribution in [1.29, 1.82) is 0 Å². The number of alkyl carbamates (subject to hydrolysis) is 1. The topological polar surface area (TPSA) is 61.8 Å². The van der Waals surface area contributed by atoms with Crippen molar-refractivity contribution in [3.8, 4) is 0 Å². The molecule has 2 rings (SSSR count). The molecule has 1 heterocycles. The Balaban J connectivity index is 1.87. The molecule has 1 saturated heterocycles. The van der Waals surface area contributed by atoms with Crippen molar-refractivity contribution in [2.75, 3.05) is 19.7 Å². The molecule has 0 aromatic heterocycles. The summed E-state index contributed by atoms with van der Waals surface area (Å²) in [7, 11) is 0. The van der Waals surface area contributed by atoms with Gasteiger partial charge in [0.15, 0.2) is 0 Å². The van der Waals surface area contributed by atoms with Crippen molar-refractivity contribution in [1.82, 2.24) is 10.2 Å². The average molecular weight is 320 g/mol. The van der Waals surface area contributed by atoms with Crippen molar-refractivity contribution < 1.29 is 14.6 Å². The second-order valence-electron chi connectivity index (χ2n) is 7.20. The molecule has 0 saturated carbocycles. The lowest BCUT2D eigenvalue weighted by Crippen LogP contribution is -2.52. The highest BCUT2D eigenvalue weighted by Gasteiger charge is 2.31. The Morgan fingerprint density at radius 3 is 2.65 bits per heavy atom. The van der Waals surface area contributed by atoms with Gasteiger partial charge in [0, 0.05) is 38.2 Å². The van der Waals surface area contributed by atoms with Gasteiger partial charge in [0.1, 0.15) is 5.60 Å². The SMILES string of the molecule is CC(C)(C)OC(=O)N[C@H]1CCN(Cc2ccccc2)C[C@H]1CO. The molecule has 0 bridgehead atoms. The van der Waals surface area contributed by atoms with Crippen molar-refractivity contribution in [2.24, 2.45) is 5.92 Å². The smallest absolute Gasteiger partial charge is 0.407 e. The van der Waals surface area contributed by atoms with Crippen LogP contribution >= 0.6 is 0 Å². The van der Waals surface area contributed by atoms with E-state index in [9.17, 15) is 9.90 Å². The van der Waals surface area contributed by atoms with Crippen LogP contribution in [-0.4, -0.2) is 47.4 Å². The van der Waals surface area contributed by atoms with E-state index in [0.29, 0.717) is 0 Å². The zero-order chi connectivity index (χ0) is 16.9. The zero-order valence-electron chi connectivity index (χ0n) is 14.3. The third-order valence-electron chi connectivity index (χ3n) is 4.00. The number of hydrogen-bond donors (Lipinski definition) is 2. The number of nitrogens with zero attached hydrogens (tertiary/aromatic N) is 1. The molecule has 5 nitrogen and oxygen atoms in total. The van der Waals surface area contributed by atoms with Gasteiger partial charge in [0.25, 0.3) is 0 Å². The van der Waals surface area contributed by atoms with Crippen molar-refractivity contribution in [2.45, 2.75) is 45.4 Å². The fourth-order valence-corrected chi connectivity index (χ4v) is 2.93. The molecule has 23 heavy (non-hydrogen) atoms. The van der Waals surface area contributed by atoms with Gasteiger partial charge in [-0.3, -0.25) is 4.90 Å². The fraction of sp³-hybridized carbons (Fsp3) is 0.611. The van der Waals surface area contributed by atoms with Crippen molar-refractivity contribution >= 4 is 6.09 Å². The Hall–Kier alpha value is -1.59. The number of nitrogens with one attached hydrogen (secondary N) is 1. The first-order valence-corrected chi connectivity index (χ1v) is 8.24. The highest BCUT2D eigenvalue weighted by molar-refractivity contribution is 5.68. The standard InChI is InChI=1S/C18H28N2O3/c1-18(2,3)23-17(22)19-16-9-10-20(12-15(16)13-21)11-14-7-5-4-6-8-14/h4-8,15-16,21H,9-13H2,1-3H3,(H,19,22)/t15-,16-/m0/s1. The summed E-state index contributed by atoms with van der Waals surface area (Å²) in [5.74, 6) is 0.0278. The Labute approximate surface area is 138 Å². The Morgan fingerprint density at radius 1 is 1.35 bits per heavy atom. The maximum absolute atomic E-state index is 11.9. The summed E-state index contributed by atoms with van der Waals surface area (Å²) in [5, 5.41) is 12.6. The van der Waals surface area contributed by atoms with E-state index >= 15 is 0 Å². The van der Waals surface area contributed by atoms with E-state index in [2.05, 4.69) is 22.3 Å². The molecule has 1 aromatic rings. The summed E-state index contributed by atoms with van der Waals surface area (Å²) in [4.78, 5) is 14.3. The molecule has 1 aliphatic rings. The molecule has 2 N–H and O–H groups in total. The van der Waals surface area contributed by atoms with Crippen LogP contribution in [0.25, 0.3) is 0 Å². The Bertz CT molecular complexity index is 499. The van der Waals surface area contributed by atoms with E-state index in [-0.39, 0.29) is 18.6 Å². The van der Waals surface area contributed by atoms with Gasteiger partial charge in [-0.2, -0.15) is 0 Å². The molecule has 0 spiro atoms. The lowest BCUT2D eigenvalue weighted by atomic mass is 9.92. The van der Waals surface area contributed by atoms with Crippen LogP contribution < -0.4 is 5.32 Å². The number of aliphatic hydroxyl groups excluding tert-OH is 1. The lowest BCUT2D eigenvalue weighted by Gasteiger charge is -2.38. The van der Waals surface area contributed by atoms with Crippen LogP contribution in [0.3, 0.4) is 0 Å². The highest BCUT2D eigenvalue weighted by Crippen LogP contribution is 2.20. The third kappa shape index (κ3) is 5.84. The predicted molar refractivity (Wildman–Crippen MR) is 90.1 cm³/mol. The van der Waals surface area contributed by atoms with Gasteiger partial charge in [0.05, 0.1) is 0 Å². The summed E-state index contributed by atoms with van der Waals surface area (Å²) in [6.07, 6.45) is 0.412. The molecule has 128 valence electrons. The molecule has 0 radical (unpaired) electrons. The van der Waals surface area contributed by atoms with Gasteiger partial charge in [0.2, 0.25) is 0 Å². The minimum atomic E-state index is -0.507.